The van der Waals surface area contributed by atoms with Gasteiger partial charge in [-0.1, -0.05) is 97.1 Å². The lowest BCUT2D eigenvalue weighted by atomic mass is 9.94. The second-order valence-corrected chi connectivity index (χ2v) is 7.91. The van der Waals surface area contributed by atoms with Crippen LogP contribution in [-0.2, 0) is 0 Å². The molecule has 0 atom stereocenters. The molecule has 2 nitrogen and oxygen atoms in total. The average molecular weight is 413 g/mol. The maximum Gasteiger partial charge on any atom is 0.0387 e. The predicted octanol–water partition coefficient (Wildman–Crippen LogP) is 7.50. The minimum atomic E-state index is 0.767. The van der Waals surface area contributed by atoms with Crippen molar-refractivity contribution in [1.82, 2.24) is 0 Å². The molecule has 0 spiro atoms. The zero-order chi connectivity index (χ0) is 21.9. The van der Waals surface area contributed by atoms with Crippen LogP contribution in [0.1, 0.15) is 22.3 Å². The van der Waals surface area contributed by atoms with E-state index in [1.165, 1.54) is 21.5 Å². The minimum absolute atomic E-state index is 0.767. The van der Waals surface area contributed by atoms with Crippen LogP contribution >= 0.6 is 0 Å². The molecule has 32 heavy (non-hydrogen) atoms. The molecule has 0 aromatic heterocycles. The van der Waals surface area contributed by atoms with Gasteiger partial charge in [-0.3, -0.25) is 0 Å². The first-order chi connectivity index (χ1) is 15.7. The van der Waals surface area contributed by atoms with E-state index in [4.69, 9.17) is 11.5 Å². The molecule has 154 valence electrons. The van der Waals surface area contributed by atoms with Crippen LogP contribution in [0.3, 0.4) is 0 Å². The highest BCUT2D eigenvalue weighted by Gasteiger charge is 2.06. The van der Waals surface area contributed by atoms with Crippen LogP contribution < -0.4 is 11.5 Å². The lowest BCUT2D eigenvalue weighted by Crippen LogP contribution is -1.89. The van der Waals surface area contributed by atoms with Gasteiger partial charge in [0.25, 0.3) is 0 Å². The number of hydrogen-bond donors (Lipinski definition) is 2. The van der Waals surface area contributed by atoms with Crippen molar-refractivity contribution in [2.24, 2.45) is 0 Å². The third-order valence-corrected chi connectivity index (χ3v) is 5.83. The van der Waals surface area contributed by atoms with E-state index in [0.29, 0.717) is 0 Å². The van der Waals surface area contributed by atoms with E-state index in [2.05, 4.69) is 72.8 Å². The Morgan fingerprint density at radius 1 is 0.438 bits per heavy atom. The lowest BCUT2D eigenvalue weighted by molar-refractivity contribution is 1.63. The maximum absolute atomic E-state index is 6.18. The van der Waals surface area contributed by atoms with Crippen LogP contribution in [0.25, 0.3) is 45.8 Å². The summed E-state index contributed by atoms with van der Waals surface area (Å²) in [5.74, 6) is 0. The number of nitrogens with two attached hydrogens (primary N) is 2. The summed E-state index contributed by atoms with van der Waals surface area (Å²) >= 11 is 0. The Bertz CT molecular complexity index is 1490. The molecule has 0 aliphatic rings. The standard InChI is InChI=1S/C30H24N2/c31-29-11-5-3-7-22(29)15-13-21-14-16-26-19-24-9-1-2-10-25(24)20-28(26)27(21)18-17-23-8-4-6-12-30(23)32/h1-20H,31-32H2/b15-13+,18-17+. The molecule has 0 heterocycles. The van der Waals surface area contributed by atoms with Crippen LogP contribution in [0.4, 0.5) is 11.4 Å². The van der Waals surface area contributed by atoms with Crippen LogP contribution in [-0.4, -0.2) is 0 Å². The molecule has 0 radical (unpaired) electrons. The summed E-state index contributed by atoms with van der Waals surface area (Å²) in [4.78, 5) is 0. The first kappa shape index (κ1) is 19.7. The van der Waals surface area contributed by atoms with Gasteiger partial charge in [-0.25, -0.2) is 0 Å². The molecule has 4 N–H and O–H groups in total. The fourth-order valence-electron chi connectivity index (χ4n) is 4.06. The van der Waals surface area contributed by atoms with E-state index in [1.807, 2.05) is 48.5 Å². The molecule has 5 rings (SSSR count). The van der Waals surface area contributed by atoms with Gasteiger partial charge in [-0.2, -0.15) is 0 Å². The number of rotatable bonds is 4. The van der Waals surface area contributed by atoms with Gasteiger partial charge >= 0.3 is 0 Å². The predicted molar refractivity (Wildman–Crippen MR) is 141 cm³/mol. The van der Waals surface area contributed by atoms with Crippen LogP contribution in [0, 0.1) is 0 Å². The maximum atomic E-state index is 6.18. The fourth-order valence-corrected chi connectivity index (χ4v) is 4.06. The SMILES string of the molecule is Nc1ccccc1/C=C/c1ccc2cc3ccccc3cc2c1/C=C/c1ccccc1N. The smallest absolute Gasteiger partial charge is 0.0387 e. The minimum Gasteiger partial charge on any atom is -0.398 e. The van der Waals surface area contributed by atoms with Gasteiger partial charge in [0, 0.05) is 11.4 Å². The molecule has 0 fully saturated rings. The summed E-state index contributed by atoms with van der Waals surface area (Å²) in [6.07, 6.45) is 8.46. The number of para-hydroxylation sites is 2. The molecule has 0 aliphatic heterocycles. The van der Waals surface area contributed by atoms with Crippen molar-refractivity contribution in [2.75, 3.05) is 11.5 Å². The highest BCUT2D eigenvalue weighted by Crippen LogP contribution is 2.31. The summed E-state index contributed by atoms with van der Waals surface area (Å²) in [5.41, 5.74) is 18.2. The lowest BCUT2D eigenvalue weighted by Gasteiger charge is -2.10. The third kappa shape index (κ3) is 3.86. The van der Waals surface area contributed by atoms with E-state index >= 15 is 0 Å². The Labute approximate surface area is 188 Å². The van der Waals surface area contributed by atoms with E-state index in [1.54, 1.807) is 0 Å². The van der Waals surface area contributed by atoms with Crippen molar-refractivity contribution in [2.45, 2.75) is 0 Å². The quantitative estimate of drug-likeness (QED) is 0.182. The first-order valence-electron chi connectivity index (χ1n) is 10.7. The summed E-state index contributed by atoms with van der Waals surface area (Å²) < 4.78 is 0. The molecule has 5 aromatic rings. The van der Waals surface area contributed by atoms with Crippen molar-refractivity contribution in [3.63, 3.8) is 0 Å². The number of fused-ring (bicyclic) bond motifs is 2. The fraction of sp³-hybridized carbons (Fsp3) is 0. The first-order valence-corrected chi connectivity index (χ1v) is 10.7. The topological polar surface area (TPSA) is 52.0 Å². The van der Waals surface area contributed by atoms with E-state index in [-0.39, 0.29) is 0 Å². The highest BCUT2D eigenvalue weighted by atomic mass is 14.6. The molecule has 0 saturated heterocycles. The summed E-state index contributed by atoms with van der Waals surface area (Å²) in [7, 11) is 0. The Balaban J connectivity index is 1.70. The Hall–Kier alpha value is -4.30. The van der Waals surface area contributed by atoms with Crippen LogP contribution in [0.15, 0.2) is 97.1 Å². The largest absolute Gasteiger partial charge is 0.398 e. The van der Waals surface area contributed by atoms with Crippen molar-refractivity contribution in [1.29, 1.82) is 0 Å². The molecular formula is C30H24N2. The second kappa shape index (κ2) is 8.44. The molecule has 5 aromatic carbocycles. The van der Waals surface area contributed by atoms with E-state index in [0.717, 1.165) is 33.6 Å². The van der Waals surface area contributed by atoms with Crippen LogP contribution in [0.2, 0.25) is 0 Å². The Morgan fingerprint density at radius 3 is 1.62 bits per heavy atom. The highest BCUT2D eigenvalue weighted by molar-refractivity contribution is 6.04. The number of anilines is 2. The normalized spacial score (nSPS) is 11.8. The van der Waals surface area contributed by atoms with Crippen molar-refractivity contribution in [3.05, 3.63) is 119 Å². The summed E-state index contributed by atoms with van der Waals surface area (Å²) in [6, 6.07) is 33.2. The molecule has 0 saturated carbocycles. The molecule has 0 amide bonds. The van der Waals surface area contributed by atoms with Gasteiger partial charge in [0.1, 0.15) is 0 Å². The van der Waals surface area contributed by atoms with Gasteiger partial charge < -0.3 is 11.5 Å². The molecule has 2 heteroatoms. The van der Waals surface area contributed by atoms with E-state index < -0.39 is 0 Å². The molecule has 0 aliphatic carbocycles. The Morgan fingerprint density at radius 2 is 0.969 bits per heavy atom. The Kier molecular flexibility index (Phi) is 5.19. The van der Waals surface area contributed by atoms with Gasteiger partial charge in [-0.15, -0.1) is 0 Å². The average Bonchev–Trinajstić information content (AvgIpc) is 2.82. The second-order valence-electron chi connectivity index (χ2n) is 7.91. The zero-order valence-electron chi connectivity index (χ0n) is 17.7. The number of nitrogen functional groups attached to an aromatic ring is 2. The number of hydrogen-bond acceptors (Lipinski definition) is 2. The van der Waals surface area contributed by atoms with Crippen molar-refractivity contribution in [3.8, 4) is 0 Å². The van der Waals surface area contributed by atoms with Gasteiger partial charge in [0.05, 0.1) is 0 Å². The zero-order valence-corrected chi connectivity index (χ0v) is 17.7. The van der Waals surface area contributed by atoms with Gasteiger partial charge in [0.15, 0.2) is 0 Å². The third-order valence-electron chi connectivity index (χ3n) is 5.83. The summed E-state index contributed by atoms with van der Waals surface area (Å²) in [5, 5.41) is 4.88. The van der Waals surface area contributed by atoms with Crippen molar-refractivity contribution < 1.29 is 0 Å². The molecule has 0 bridgehead atoms. The van der Waals surface area contributed by atoms with Gasteiger partial charge in [-0.05, 0) is 68.1 Å². The number of benzene rings is 5. The molecular weight excluding hydrogens is 388 g/mol. The van der Waals surface area contributed by atoms with Gasteiger partial charge in [0.2, 0.25) is 0 Å². The molecule has 0 unspecified atom stereocenters. The van der Waals surface area contributed by atoms with Crippen molar-refractivity contribution >= 4 is 57.2 Å². The van der Waals surface area contributed by atoms with E-state index in [9.17, 15) is 0 Å². The van der Waals surface area contributed by atoms with Crippen LogP contribution in [0.5, 0.6) is 0 Å². The monoisotopic (exact) mass is 412 g/mol. The summed E-state index contributed by atoms with van der Waals surface area (Å²) in [6.45, 7) is 0.